The van der Waals surface area contributed by atoms with Gasteiger partial charge in [-0.3, -0.25) is 19.8 Å². The number of hydrogen-bond acceptors (Lipinski definition) is 8. The number of nitrogens with zero attached hydrogens (tertiary/aromatic N) is 2. The number of amides is 3. The smallest absolute Gasteiger partial charge is 0.413 e. The number of methoxy groups -OCH3 is 1. The van der Waals surface area contributed by atoms with Crippen molar-refractivity contribution in [3.63, 3.8) is 0 Å². The van der Waals surface area contributed by atoms with Crippen molar-refractivity contribution in [1.29, 1.82) is 0 Å². The highest BCUT2D eigenvalue weighted by Gasteiger charge is 2.38. The minimum Gasteiger partial charge on any atom is -0.453 e. The first-order chi connectivity index (χ1) is 21.2. The van der Waals surface area contributed by atoms with Gasteiger partial charge in [-0.2, -0.15) is 4.31 Å². The van der Waals surface area contributed by atoms with Gasteiger partial charge < -0.3 is 10.1 Å². The average Bonchev–Trinajstić information content (AvgIpc) is 3.39. The van der Waals surface area contributed by atoms with E-state index in [1.807, 2.05) is 4.31 Å². The maximum Gasteiger partial charge on any atom is 0.413 e. The molecular weight excluding hydrogens is 601 g/mol. The topological polar surface area (TPSA) is 125 Å². The molecule has 0 spiro atoms. The Balaban J connectivity index is 1.38. The Labute approximate surface area is 264 Å². The first-order valence-electron chi connectivity index (χ1n) is 15.9. The molecule has 0 saturated heterocycles. The van der Waals surface area contributed by atoms with Gasteiger partial charge in [0.15, 0.2) is 0 Å². The van der Waals surface area contributed by atoms with Gasteiger partial charge in [0.2, 0.25) is 10.0 Å². The molecule has 1 aliphatic heterocycles. The molecule has 2 heterocycles. The van der Waals surface area contributed by atoms with Crippen molar-refractivity contribution in [2.45, 2.75) is 107 Å². The van der Waals surface area contributed by atoms with Crippen LogP contribution in [0.3, 0.4) is 0 Å². The van der Waals surface area contributed by atoms with Crippen molar-refractivity contribution in [3.05, 3.63) is 45.8 Å². The van der Waals surface area contributed by atoms with E-state index >= 15 is 0 Å². The summed E-state index contributed by atoms with van der Waals surface area (Å²) in [6.45, 7) is 4.48. The molecule has 2 fully saturated rings. The molecule has 1 aromatic heterocycles. The number of hydrogen-bond donors (Lipinski definition) is 2. The van der Waals surface area contributed by atoms with Crippen LogP contribution in [0.15, 0.2) is 29.2 Å². The number of carbonyl (C=O) groups is 3. The van der Waals surface area contributed by atoms with E-state index in [0.29, 0.717) is 18.0 Å². The Morgan fingerprint density at radius 1 is 0.955 bits per heavy atom. The number of alkyl carbamates (subject to hydrolysis) is 1. The van der Waals surface area contributed by atoms with E-state index in [9.17, 15) is 22.8 Å². The monoisotopic (exact) mass is 644 g/mol. The van der Waals surface area contributed by atoms with Crippen LogP contribution in [0.25, 0.3) is 0 Å². The number of thiophene rings is 1. The minimum absolute atomic E-state index is 0.0208. The second-order valence-corrected chi connectivity index (χ2v) is 15.0. The number of benzene rings is 1. The number of anilines is 1. The van der Waals surface area contributed by atoms with Gasteiger partial charge >= 0.3 is 6.09 Å². The lowest BCUT2D eigenvalue weighted by Gasteiger charge is -2.40. The molecule has 240 valence electrons. The van der Waals surface area contributed by atoms with Gasteiger partial charge in [0, 0.05) is 35.6 Å². The van der Waals surface area contributed by atoms with Crippen LogP contribution in [0.1, 0.15) is 109 Å². The highest BCUT2D eigenvalue weighted by Crippen LogP contribution is 2.38. The van der Waals surface area contributed by atoms with Crippen LogP contribution in [0.5, 0.6) is 0 Å². The predicted octanol–water partition coefficient (Wildman–Crippen LogP) is 5.92. The summed E-state index contributed by atoms with van der Waals surface area (Å²) < 4.78 is 34.6. The molecule has 3 amide bonds. The van der Waals surface area contributed by atoms with Crippen molar-refractivity contribution < 1.29 is 27.5 Å². The predicted molar refractivity (Wildman–Crippen MR) is 171 cm³/mol. The van der Waals surface area contributed by atoms with E-state index < -0.39 is 27.9 Å². The maximum atomic E-state index is 14.1. The molecule has 2 saturated carbocycles. The second-order valence-electron chi connectivity index (χ2n) is 12.1. The molecule has 2 aliphatic carbocycles. The van der Waals surface area contributed by atoms with Gasteiger partial charge in [-0.05, 0) is 74.9 Å². The zero-order valence-corrected chi connectivity index (χ0v) is 27.4. The van der Waals surface area contributed by atoms with Crippen LogP contribution in [-0.2, 0) is 27.7 Å². The van der Waals surface area contributed by atoms with Crippen molar-refractivity contribution in [2.24, 2.45) is 0 Å². The lowest BCUT2D eigenvalue weighted by molar-refractivity contribution is 0.0936. The standard InChI is InChI=1S/C32H44N4O6S2/c1-3-19-35-20-18-26-27(21-35)43-31(28(26)30(38)34-32(39)42-2)33-29(37)22-14-16-25(17-15-22)44(40,41)36(23-10-6-4-7-11-23)24-12-8-5-9-13-24/h14-17,23-24H,3-13,18-21H2,1-2H3,(H,33,37)(H,34,38,39). The summed E-state index contributed by atoms with van der Waals surface area (Å²) in [5.41, 5.74) is 1.38. The number of rotatable bonds is 9. The Kier molecular flexibility index (Phi) is 10.8. The van der Waals surface area contributed by atoms with E-state index in [-0.39, 0.29) is 28.1 Å². The molecule has 0 bridgehead atoms. The Bertz CT molecular complexity index is 1430. The summed E-state index contributed by atoms with van der Waals surface area (Å²) in [5, 5.41) is 5.46. The maximum absolute atomic E-state index is 14.1. The lowest BCUT2D eigenvalue weighted by atomic mass is 9.91. The Morgan fingerprint density at radius 2 is 1.57 bits per heavy atom. The van der Waals surface area contributed by atoms with E-state index in [2.05, 4.69) is 27.2 Å². The largest absolute Gasteiger partial charge is 0.453 e. The molecule has 3 aliphatic rings. The minimum atomic E-state index is -3.74. The third-order valence-corrected chi connectivity index (χ3v) is 12.2. The number of imide groups is 1. The Hall–Kier alpha value is -2.80. The third-order valence-electron chi connectivity index (χ3n) is 9.09. The van der Waals surface area contributed by atoms with Crippen molar-refractivity contribution in [2.75, 3.05) is 25.5 Å². The highest BCUT2D eigenvalue weighted by molar-refractivity contribution is 7.89. The fraction of sp³-hybridized carbons (Fsp3) is 0.594. The van der Waals surface area contributed by atoms with Gasteiger partial charge in [0.25, 0.3) is 11.8 Å². The van der Waals surface area contributed by atoms with E-state index in [1.54, 1.807) is 0 Å². The SMILES string of the molecule is CCCN1CCc2c(sc(NC(=O)c3ccc(S(=O)(=O)N(C4CCCCC4)C4CCCCC4)cc3)c2C(=O)NC(=O)OC)C1. The molecule has 0 radical (unpaired) electrons. The first kappa shape index (κ1) is 32.6. The lowest BCUT2D eigenvalue weighted by Crippen LogP contribution is -2.48. The molecule has 10 nitrogen and oxygen atoms in total. The summed E-state index contributed by atoms with van der Waals surface area (Å²) in [6, 6.07) is 6.16. The number of fused-ring (bicyclic) bond motifs is 1. The summed E-state index contributed by atoms with van der Waals surface area (Å²) >= 11 is 1.33. The van der Waals surface area contributed by atoms with Crippen molar-refractivity contribution >= 4 is 44.3 Å². The molecule has 44 heavy (non-hydrogen) atoms. The van der Waals surface area contributed by atoms with Crippen molar-refractivity contribution in [3.8, 4) is 0 Å². The number of nitrogens with one attached hydrogen (secondary N) is 2. The zero-order valence-electron chi connectivity index (χ0n) is 25.7. The van der Waals surface area contributed by atoms with Crippen LogP contribution in [0, 0.1) is 0 Å². The second kappa shape index (κ2) is 14.5. The fourth-order valence-corrected chi connectivity index (χ4v) is 10.1. The summed E-state index contributed by atoms with van der Waals surface area (Å²) in [4.78, 5) is 41.9. The van der Waals surface area contributed by atoms with E-state index in [1.165, 1.54) is 42.7 Å². The van der Waals surface area contributed by atoms with Crippen molar-refractivity contribution in [1.82, 2.24) is 14.5 Å². The first-order valence-corrected chi connectivity index (χ1v) is 18.2. The summed E-state index contributed by atoms with van der Waals surface area (Å²) in [6.07, 6.45) is 10.8. The molecule has 2 N–H and O–H groups in total. The van der Waals surface area contributed by atoms with Crippen LogP contribution in [0.2, 0.25) is 0 Å². The quantitative estimate of drug-likeness (QED) is 0.347. The van der Waals surface area contributed by atoms with Gasteiger partial charge in [-0.15, -0.1) is 11.3 Å². The summed E-state index contributed by atoms with van der Waals surface area (Å²) in [7, 11) is -2.56. The van der Waals surface area contributed by atoms with Crippen LogP contribution < -0.4 is 10.6 Å². The Morgan fingerprint density at radius 3 is 2.14 bits per heavy atom. The molecule has 12 heteroatoms. The average molecular weight is 645 g/mol. The molecule has 2 aromatic rings. The van der Waals surface area contributed by atoms with E-state index in [0.717, 1.165) is 94.2 Å². The van der Waals surface area contributed by atoms with Gasteiger partial charge in [0.1, 0.15) is 5.00 Å². The van der Waals surface area contributed by atoms with Gasteiger partial charge in [-0.25, -0.2) is 13.2 Å². The third kappa shape index (κ3) is 7.19. The zero-order chi connectivity index (χ0) is 31.3. The molecule has 5 rings (SSSR count). The molecule has 0 atom stereocenters. The van der Waals surface area contributed by atoms with Crippen LogP contribution in [0.4, 0.5) is 9.80 Å². The normalized spacial score (nSPS) is 18.5. The fourth-order valence-electron chi connectivity index (χ4n) is 6.93. The van der Waals surface area contributed by atoms with Gasteiger partial charge in [-0.1, -0.05) is 45.4 Å². The summed E-state index contributed by atoms with van der Waals surface area (Å²) in [5.74, 6) is -1.08. The van der Waals surface area contributed by atoms with Crippen LogP contribution in [-0.4, -0.2) is 67.8 Å². The van der Waals surface area contributed by atoms with Crippen LogP contribution >= 0.6 is 11.3 Å². The number of carbonyl (C=O) groups excluding carboxylic acids is 3. The highest BCUT2D eigenvalue weighted by atomic mass is 32.2. The molecular formula is C32H44N4O6S2. The molecule has 1 aromatic carbocycles. The van der Waals surface area contributed by atoms with Gasteiger partial charge in [0.05, 0.1) is 17.6 Å². The van der Waals surface area contributed by atoms with E-state index in [4.69, 9.17) is 0 Å². The molecule has 0 unspecified atom stereocenters. The number of ether oxygens (including phenoxy) is 1. The number of sulfonamides is 1.